The topological polar surface area (TPSA) is 85.3 Å². The molecule has 2 aromatic heterocycles. The molecule has 0 aromatic carbocycles. The van der Waals surface area contributed by atoms with E-state index in [9.17, 15) is 9.90 Å². The van der Waals surface area contributed by atoms with Gasteiger partial charge in [-0.2, -0.15) is 0 Å². The lowest BCUT2D eigenvalue weighted by atomic mass is 10.0. The van der Waals surface area contributed by atoms with E-state index in [1.807, 2.05) is 31.0 Å². The number of aliphatic hydroxyl groups is 1. The molecule has 4 rings (SSSR count). The summed E-state index contributed by atoms with van der Waals surface area (Å²) < 4.78 is 0. The first-order valence-electron chi connectivity index (χ1n) is 9.43. The van der Waals surface area contributed by atoms with Crippen LogP contribution in [0.1, 0.15) is 26.7 Å². The van der Waals surface area contributed by atoms with Gasteiger partial charge in [-0.3, -0.25) is 4.79 Å². The molecule has 1 aliphatic carbocycles. The SMILES string of the molecule is CC(C)[C@@H](O)C(=O)N1C[C@H]2CC(N(C)c3ncnc4[nH]ccc34)C[C@H]2C1. The van der Waals surface area contributed by atoms with E-state index < -0.39 is 6.10 Å². The fourth-order valence-electron chi connectivity index (χ4n) is 4.55. The second kappa shape index (κ2) is 6.54. The number of aliphatic hydroxyl groups excluding tert-OH is 1. The van der Waals surface area contributed by atoms with Crippen LogP contribution < -0.4 is 4.90 Å². The quantitative estimate of drug-likeness (QED) is 0.869. The van der Waals surface area contributed by atoms with E-state index in [1.54, 1.807) is 6.33 Å². The molecule has 4 atom stereocenters. The summed E-state index contributed by atoms with van der Waals surface area (Å²) in [5.41, 5.74) is 0.861. The third-order valence-electron chi connectivity index (χ3n) is 6.14. The number of H-pyrrole nitrogens is 1. The Hall–Kier alpha value is -2.15. The maximum Gasteiger partial charge on any atom is 0.251 e. The molecule has 140 valence electrons. The lowest BCUT2D eigenvalue weighted by molar-refractivity contribution is -0.141. The first kappa shape index (κ1) is 17.3. The van der Waals surface area contributed by atoms with Crippen molar-refractivity contribution in [2.45, 2.75) is 38.8 Å². The maximum absolute atomic E-state index is 12.4. The molecular formula is C19H27N5O2. The predicted octanol–water partition coefficient (Wildman–Crippen LogP) is 1.65. The van der Waals surface area contributed by atoms with E-state index in [4.69, 9.17) is 0 Å². The Balaban J connectivity index is 1.43. The minimum atomic E-state index is -0.879. The van der Waals surface area contributed by atoms with Gasteiger partial charge in [-0.05, 0) is 36.7 Å². The fourth-order valence-corrected chi connectivity index (χ4v) is 4.55. The van der Waals surface area contributed by atoms with Gasteiger partial charge >= 0.3 is 0 Å². The largest absolute Gasteiger partial charge is 0.383 e. The molecule has 1 aliphatic heterocycles. The number of likely N-dealkylation sites (tertiary alicyclic amines) is 1. The van der Waals surface area contributed by atoms with Crippen molar-refractivity contribution in [2.24, 2.45) is 17.8 Å². The van der Waals surface area contributed by atoms with Gasteiger partial charge < -0.3 is 19.9 Å². The first-order chi connectivity index (χ1) is 12.5. The summed E-state index contributed by atoms with van der Waals surface area (Å²) >= 11 is 0. The van der Waals surface area contributed by atoms with Gasteiger partial charge in [-0.15, -0.1) is 0 Å². The number of aromatic amines is 1. The van der Waals surface area contributed by atoms with Crippen molar-refractivity contribution in [3.8, 4) is 0 Å². The number of amides is 1. The number of anilines is 1. The van der Waals surface area contributed by atoms with Crippen molar-refractivity contribution >= 4 is 22.8 Å². The number of aromatic nitrogens is 3. The number of carbonyl (C=O) groups is 1. The lowest BCUT2D eigenvalue weighted by Crippen LogP contribution is -2.41. The number of nitrogens with zero attached hydrogens (tertiary/aromatic N) is 4. The van der Waals surface area contributed by atoms with Crippen LogP contribution in [-0.2, 0) is 4.79 Å². The molecule has 1 saturated carbocycles. The summed E-state index contributed by atoms with van der Waals surface area (Å²) in [7, 11) is 2.10. The first-order valence-corrected chi connectivity index (χ1v) is 9.43. The van der Waals surface area contributed by atoms with Gasteiger partial charge in [0.15, 0.2) is 0 Å². The molecule has 7 heteroatoms. The molecule has 26 heavy (non-hydrogen) atoms. The molecule has 2 fully saturated rings. The molecule has 0 bridgehead atoms. The zero-order valence-corrected chi connectivity index (χ0v) is 15.6. The van der Waals surface area contributed by atoms with Crippen LogP contribution in [-0.4, -0.2) is 63.1 Å². The average Bonchev–Trinajstić information content (AvgIpc) is 3.32. The summed E-state index contributed by atoms with van der Waals surface area (Å²) in [5, 5.41) is 11.1. The number of rotatable bonds is 4. The molecule has 0 spiro atoms. The Kier molecular flexibility index (Phi) is 4.34. The maximum atomic E-state index is 12.4. The Bertz CT molecular complexity index is 790. The third-order valence-corrected chi connectivity index (χ3v) is 6.14. The van der Waals surface area contributed by atoms with Gasteiger partial charge in [-0.1, -0.05) is 13.8 Å². The van der Waals surface area contributed by atoms with Gasteiger partial charge in [0.2, 0.25) is 0 Å². The molecule has 1 saturated heterocycles. The van der Waals surface area contributed by atoms with E-state index >= 15 is 0 Å². The third kappa shape index (κ3) is 2.84. The minimum absolute atomic E-state index is 0.0386. The van der Waals surface area contributed by atoms with E-state index in [0.717, 1.165) is 42.8 Å². The van der Waals surface area contributed by atoms with Gasteiger partial charge in [-0.25, -0.2) is 9.97 Å². The molecule has 2 N–H and O–H groups in total. The van der Waals surface area contributed by atoms with Crippen LogP contribution in [0.15, 0.2) is 18.6 Å². The van der Waals surface area contributed by atoms with Crippen molar-refractivity contribution < 1.29 is 9.90 Å². The Morgan fingerprint density at radius 3 is 2.65 bits per heavy atom. The normalized spacial score (nSPS) is 26.5. The van der Waals surface area contributed by atoms with Gasteiger partial charge in [0.1, 0.15) is 23.9 Å². The predicted molar refractivity (Wildman–Crippen MR) is 99.7 cm³/mol. The van der Waals surface area contributed by atoms with Crippen LogP contribution in [0.2, 0.25) is 0 Å². The molecular weight excluding hydrogens is 330 g/mol. The summed E-state index contributed by atoms with van der Waals surface area (Å²) in [6, 6.07) is 2.44. The van der Waals surface area contributed by atoms with Gasteiger partial charge in [0, 0.05) is 32.4 Å². The summed E-state index contributed by atoms with van der Waals surface area (Å²) in [4.78, 5) is 28.5. The molecule has 2 aliphatic rings. The summed E-state index contributed by atoms with van der Waals surface area (Å²) in [5.74, 6) is 1.83. The van der Waals surface area contributed by atoms with E-state index in [2.05, 4.69) is 26.9 Å². The zero-order chi connectivity index (χ0) is 18.4. The van der Waals surface area contributed by atoms with E-state index in [0.29, 0.717) is 17.9 Å². The summed E-state index contributed by atoms with van der Waals surface area (Å²) in [6.07, 6.45) is 4.73. The molecule has 1 unspecified atom stereocenters. The zero-order valence-electron chi connectivity index (χ0n) is 15.6. The van der Waals surface area contributed by atoms with Crippen LogP contribution in [0, 0.1) is 17.8 Å². The van der Waals surface area contributed by atoms with Crippen LogP contribution in [0.25, 0.3) is 11.0 Å². The molecule has 7 nitrogen and oxygen atoms in total. The highest BCUT2D eigenvalue weighted by Crippen LogP contribution is 2.41. The molecule has 0 radical (unpaired) electrons. The Labute approximate surface area is 153 Å². The van der Waals surface area contributed by atoms with E-state index in [-0.39, 0.29) is 11.8 Å². The van der Waals surface area contributed by atoms with Crippen molar-refractivity contribution in [3.63, 3.8) is 0 Å². The van der Waals surface area contributed by atoms with Crippen molar-refractivity contribution in [1.82, 2.24) is 19.9 Å². The number of carbonyl (C=O) groups excluding carboxylic acids is 1. The Morgan fingerprint density at radius 1 is 1.31 bits per heavy atom. The highest BCUT2D eigenvalue weighted by molar-refractivity contribution is 5.87. The summed E-state index contributed by atoms with van der Waals surface area (Å²) in [6.45, 7) is 5.30. The minimum Gasteiger partial charge on any atom is -0.383 e. The van der Waals surface area contributed by atoms with Crippen molar-refractivity contribution in [2.75, 3.05) is 25.0 Å². The number of fused-ring (bicyclic) bond motifs is 2. The smallest absolute Gasteiger partial charge is 0.251 e. The second-order valence-corrected chi connectivity index (χ2v) is 8.13. The van der Waals surface area contributed by atoms with E-state index in [1.165, 1.54) is 0 Å². The van der Waals surface area contributed by atoms with Gasteiger partial charge in [0.05, 0.1) is 5.39 Å². The number of hydrogen-bond donors (Lipinski definition) is 2. The number of hydrogen-bond acceptors (Lipinski definition) is 5. The highest BCUT2D eigenvalue weighted by atomic mass is 16.3. The number of nitrogens with one attached hydrogen (secondary N) is 1. The van der Waals surface area contributed by atoms with Crippen LogP contribution in [0.4, 0.5) is 5.82 Å². The van der Waals surface area contributed by atoms with Crippen molar-refractivity contribution in [3.05, 3.63) is 18.6 Å². The molecule has 2 aromatic rings. The standard InChI is InChI=1S/C19H27N5O2/c1-11(2)16(25)19(26)24-8-12-6-14(7-13(12)9-24)23(3)18-15-4-5-20-17(15)21-10-22-18/h4-5,10-14,16,25H,6-9H2,1-3H3,(H,20,21,22)/t12-,13+,14?,16-/m1/s1. The molecule has 1 amide bonds. The lowest BCUT2D eigenvalue weighted by Gasteiger charge is -2.28. The van der Waals surface area contributed by atoms with Crippen LogP contribution in [0.3, 0.4) is 0 Å². The highest BCUT2D eigenvalue weighted by Gasteiger charge is 2.44. The van der Waals surface area contributed by atoms with Crippen molar-refractivity contribution in [1.29, 1.82) is 0 Å². The fraction of sp³-hybridized carbons (Fsp3) is 0.632. The molecule has 3 heterocycles. The average molecular weight is 357 g/mol. The Morgan fingerprint density at radius 2 is 2.00 bits per heavy atom. The monoisotopic (exact) mass is 357 g/mol. The van der Waals surface area contributed by atoms with Gasteiger partial charge in [0.25, 0.3) is 5.91 Å². The van der Waals surface area contributed by atoms with Crippen LogP contribution >= 0.6 is 0 Å². The second-order valence-electron chi connectivity index (χ2n) is 8.13. The van der Waals surface area contributed by atoms with Crippen LogP contribution in [0.5, 0.6) is 0 Å².